The minimum atomic E-state index is 0. The van der Waals surface area contributed by atoms with Gasteiger partial charge >= 0.3 is 0 Å². The first-order chi connectivity index (χ1) is 14.9. The number of aryl methyl sites for hydroxylation is 2. The second-order valence-corrected chi connectivity index (χ2v) is 8.76. The summed E-state index contributed by atoms with van der Waals surface area (Å²) >= 11 is 0. The second-order valence-electron chi connectivity index (χ2n) is 8.76. The zero-order valence-electron chi connectivity index (χ0n) is 19.8. The molecule has 1 saturated carbocycles. The number of carbonyl (C=O) groups is 1. The van der Waals surface area contributed by atoms with E-state index in [1.165, 1.54) is 0 Å². The first kappa shape index (κ1) is 26.2. The van der Waals surface area contributed by atoms with Crippen LogP contribution in [-0.4, -0.2) is 40.8 Å². The monoisotopic (exact) mass is 552 g/mol. The highest BCUT2D eigenvalue weighted by atomic mass is 127. The van der Waals surface area contributed by atoms with Gasteiger partial charge in [0.25, 0.3) is 0 Å². The Labute approximate surface area is 208 Å². The summed E-state index contributed by atoms with van der Waals surface area (Å²) in [6.45, 7) is 8.73. The number of aromatic nitrogens is 2. The predicted octanol–water partition coefficient (Wildman–Crippen LogP) is 3.86. The van der Waals surface area contributed by atoms with Crippen LogP contribution in [0.3, 0.4) is 0 Å². The summed E-state index contributed by atoms with van der Waals surface area (Å²) in [7, 11) is 1.79. The van der Waals surface area contributed by atoms with Gasteiger partial charge in [-0.2, -0.15) is 5.10 Å². The Balaban J connectivity index is 0.00000363. The van der Waals surface area contributed by atoms with Gasteiger partial charge < -0.3 is 16.0 Å². The third kappa shape index (κ3) is 6.95. The van der Waals surface area contributed by atoms with Crippen molar-refractivity contribution in [2.75, 3.05) is 7.05 Å². The minimum Gasteiger partial charge on any atom is -0.354 e. The van der Waals surface area contributed by atoms with Crippen molar-refractivity contribution in [2.45, 2.75) is 72.0 Å². The van der Waals surface area contributed by atoms with Gasteiger partial charge in [0.05, 0.1) is 11.4 Å². The lowest BCUT2D eigenvalue weighted by Gasteiger charge is -2.30. The minimum absolute atomic E-state index is 0. The molecule has 0 spiro atoms. The topological polar surface area (TPSA) is 83.3 Å². The molecule has 176 valence electrons. The maximum Gasteiger partial charge on any atom is 0.223 e. The molecule has 7 nitrogen and oxygen atoms in total. The van der Waals surface area contributed by atoms with E-state index in [1.807, 2.05) is 37.6 Å². The molecule has 2 aromatic rings. The molecule has 2 unspecified atom stereocenters. The van der Waals surface area contributed by atoms with Crippen LogP contribution in [0.15, 0.2) is 35.3 Å². The average molecular weight is 553 g/mol. The molecular weight excluding hydrogens is 515 g/mol. The molecule has 1 fully saturated rings. The molecular formula is C24H37IN6O. The van der Waals surface area contributed by atoms with E-state index in [0.29, 0.717) is 6.54 Å². The molecule has 0 bridgehead atoms. The summed E-state index contributed by atoms with van der Waals surface area (Å²) in [5, 5.41) is 14.7. The van der Waals surface area contributed by atoms with Crippen LogP contribution in [0.5, 0.6) is 0 Å². The van der Waals surface area contributed by atoms with Gasteiger partial charge in [0.2, 0.25) is 5.91 Å². The van der Waals surface area contributed by atoms with Crippen molar-refractivity contribution in [3.05, 3.63) is 47.3 Å². The molecule has 1 aliphatic rings. The number of carbonyl (C=O) groups excluding carboxylic acids is 1. The normalized spacial score (nSPS) is 18.8. The average Bonchev–Trinajstić information content (AvgIpc) is 3.08. The highest BCUT2D eigenvalue weighted by Gasteiger charge is 2.28. The van der Waals surface area contributed by atoms with Crippen molar-refractivity contribution in [1.82, 2.24) is 25.7 Å². The number of para-hydroxylation sites is 1. The van der Waals surface area contributed by atoms with E-state index in [2.05, 4.69) is 51.2 Å². The van der Waals surface area contributed by atoms with Gasteiger partial charge in [-0.05, 0) is 64.7 Å². The number of benzene rings is 1. The third-order valence-electron chi connectivity index (χ3n) is 5.72. The molecule has 8 heteroatoms. The molecule has 0 aliphatic heterocycles. The van der Waals surface area contributed by atoms with Crippen LogP contribution >= 0.6 is 24.0 Å². The van der Waals surface area contributed by atoms with E-state index >= 15 is 0 Å². The fraction of sp³-hybridized carbons (Fsp3) is 0.542. The van der Waals surface area contributed by atoms with Crippen LogP contribution < -0.4 is 16.0 Å². The largest absolute Gasteiger partial charge is 0.354 e. The van der Waals surface area contributed by atoms with E-state index in [-0.39, 0.29) is 47.9 Å². The van der Waals surface area contributed by atoms with Crippen molar-refractivity contribution >= 4 is 35.8 Å². The van der Waals surface area contributed by atoms with Crippen molar-refractivity contribution in [2.24, 2.45) is 10.9 Å². The maximum atomic E-state index is 12.4. The second kappa shape index (κ2) is 12.2. The Hall–Kier alpha value is -2.10. The Morgan fingerprint density at radius 1 is 1.25 bits per heavy atom. The molecule has 3 N–H and O–H groups in total. The molecule has 0 radical (unpaired) electrons. The smallest absolute Gasteiger partial charge is 0.223 e. The molecule has 32 heavy (non-hydrogen) atoms. The van der Waals surface area contributed by atoms with Gasteiger partial charge in [-0.1, -0.05) is 24.6 Å². The lowest BCUT2D eigenvalue weighted by Crippen LogP contribution is -2.47. The SMILES string of the molecule is CN=C(NCc1ccccc1-n1nc(C)cc1C)NC1CCCC(C(=O)NC(C)C)C1.I. The molecule has 3 rings (SSSR count). The number of nitrogens with one attached hydrogen (secondary N) is 3. The number of rotatable bonds is 6. The zero-order valence-corrected chi connectivity index (χ0v) is 22.1. The highest BCUT2D eigenvalue weighted by Crippen LogP contribution is 2.24. The molecule has 1 aromatic heterocycles. The van der Waals surface area contributed by atoms with E-state index < -0.39 is 0 Å². The Kier molecular flexibility index (Phi) is 9.99. The molecule has 1 amide bonds. The van der Waals surface area contributed by atoms with E-state index in [1.54, 1.807) is 7.05 Å². The maximum absolute atomic E-state index is 12.4. The highest BCUT2D eigenvalue weighted by molar-refractivity contribution is 14.0. The standard InChI is InChI=1S/C24H36N6O.HI/c1-16(2)27-23(31)19-10-8-11-21(14-19)28-24(25-5)26-15-20-9-6-7-12-22(20)30-18(4)13-17(3)29-30;/h6-7,9,12-13,16,19,21H,8,10-11,14-15H2,1-5H3,(H,27,31)(H2,25,26,28);1H. The Bertz CT molecular complexity index is 923. The zero-order chi connectivity index (χ0) is 22.4. The lowest BCUT2D eigenvalue weighted by molar-refractivity contribution is -0.126. The van der Waals surface area contributed by atoms with E-state index in [0.717, 1.165) is 54.3 Å². The fourth-order valence-electron chi connectivity index (χ4n) is 4.27. The predicted molar refractivity (Wildman–Crippen MR) is 141 cm³/mol. The van der Waals surface area contributed by atoms with Crippen molar-refractivity contribution in [1.29, 1.82) is 0 Å². The molecule has 0 saturated heterocycles. The van der Waals surface area contributed by atoms with Gasteiger partial charge in [-0.25, -0.2) is 4.68 Å². The van der Waals surface area contributed by atoms with Crippen molar-refractivity contribution in [3.8, 4) is 5.69 Å². The van der Waals surface area contributed by atoms with Crippen LogP contribution in [0.2, 0.25) is 0 Å². The van der Waals surface area contributed by atoms with Gasteiger partial charge in [-0.15, -0.1) is 24.0 Å². The van der Waals surface area contributed by atoms with Crippen molar-refractivity contribution in [3.63, 3.8) is 0 Å². The van der Waals surface area contributed by atoms with Gasteiger partial charge in [0.15, 0.2) is 5.96 Å². The summed E-state index contributed by atoms with van der Waals surface area (Å²) in [4.78, 5) is 16.8. The number of aliphatic imine (C=N–C) groups is 1. The van der Waals surface area contributed by atoms with Gasteiger partial charge in [-0.3, -0.25) is 9.79 Å². The Morgan fingerprint density at radius 3 is 2.66 bits per heavy atom. The summed E-state index contributed by atoms with van der Waals surface area (Å²) in [5.74, 6) is 1.000. The van der Waals surface area contributed by atoms with Crippen molar-refractivity contribution < 1.29 is 4.79 Å². The van der Waals surface area contributed by atoms with Gasteiger partial charge in [0.1, 0.15) is 0 Å². The fourth-order valence-corrected chi connectivity index (χ4v) is 4.27. The summed E-state index contributed by atoms with van der Waals surface area (Å²) in [5.41, 5.74) is 4.33. The first-order valence-electron chi connectivity index (χ1n) is 11.3. The molecule has 1 aromatic carbocycles. The number of hydrogen-bond acceptors (Lipinski definition) is 3. The van der Waals surface area contributed by atoms with Crippen LogP contribution in [0.1, 0.15) is 56.5 Å². The summed E-state index contributed by atoms with van der Waals surface area (Å²) in [6.07, 6.45) is 3.89. The third-order valence-corrected chi connectivity index (χ3v) is 5.72. The van der Waals surface area contributed by atoms with Gasteiger partial charge in [0, 0.05) is 37.3 Å². The number of guanidine groups is 1. The van der Waals surface area contributed by atoms with Crippen LogP contribution in [-0.2, 0) is 11.3 Å². The summed E-state index contributed by atoms with van der Waals surface area (Å²) in [6, 6.07) is 10.8. The van der Waals surface area contributed by atoms with Crippen LogP contribution in [0.25, 0.3) is 5.69 Å². The molecule has 1 heterocycles. The number of halogens is 1. The van der Waals surface area contributed by atoms with E-state index in [9.17, 15) is 4.79 Å². The summed E-state index contributed by atoms with van der Waals surface area (Å²) < 4.78 is 1.99. The molecule has 1 aliphatic carbocycles. The first-order valence-corrected chi connectivity index (χ1v) is 11.3. The van der Waals surface area contributed by atoms with E-state index in [4.69, 9.17) is 0 Å². The quantitative estimate of drug-likeness (QED) is 0.289. The lowest BCUT2D eigenvalue weighted by atomic mass is 9.85. The van der Waals surface area contributed by atoms with Crippen LogP contribution in [0.4, 0.5) is 0 Å². The number of amides is 1. The number of nitrogens with zero attached hydrogens (tertiary/aromatic N) is 3. The van der Waals surface area contributed by atoms with Crippen LogP contribution in [0, 0.1) is 19.8 Å². The Morgan fingerprint density at radius 2 is 2.00 bits per heavy atom. The number of hydrogen-bond donors (Lipinski definition) is 3. The molecule has 2 atom stereocenters.